The molecular weight excluding hydrogens is 515 g/mol. The van der Waals surface area contributed by atoms with Gasteiger partial charge in [-0.05, 0) is 71.8 Å². The molecule has 9 heteroatoms. The molecule has 0 atom stereocenters. The Morgan fingerprint density at radius 3 is 2.39 bits per heavy atom. The van der Waals surface area contributed by atoms with E-state index in [2.05, 4.69) is 10.1 Å². The van der Waals surface area contributed by atoms with E-state index < -0.39 is 17.3 Å². The zero-order valence-electron chi connectivity index (χ0n) is 19.7. The fourth-order valence-corrected chi connectivity index (χ4v) is 3.90. The summed E-state index contributed by atoms with van der Waals surface area (Å²) >= 11 is 5.90. The Bertz CT molecular complexity index is 1680. The maximum Gasteiger partial charge on any atom is 0.416 e. The Hall–Kier alpha value is -4.43. The minimum Gasteiger partial charge on any atom is -0.489 e. The summed E-state index contributed by atoms with van der Waals surface area (Å²) in [6.07, 6.45) is -3.10. The van der Waals surface area contributed by atoms with E-state index in [1.165, 1.54) is 18.3 Å². The molecule has 1 heterocycles. The van der Waals surface area contributed by atoms with Gasteiger partial charge in [-0.1, -0.05) is 48.0 Å². The predicted octanol–water partition coefficient (Wildman–Crippen LogP) is 7.20. The second kappa shape index (κ2) is 10.5. The van der Waals surface area contributed by atoms with Gasteiger partial charge in [-0.3, -0.25) is 4.79 Å². The van der Waals surface area contributed by atoms with E-state index in [-0.39, 0.29) is 11.4 Å². The normalized spacial score (nSPS) is 11.8. The lowest BCUT2D eigenvalue weighted by Crippen LogP contribution is -2.20. The summed E-state index contributed by atoms with van der Waals surface area (Å²) in [6, 6.07) is 25.6. The molecule has 5 rings (SSSR count). The number of fused-ring (bicyclic) bond motifs is 1. The molecule has 5 nitrogen and oxygen atoms in total. The minimum absolute atomic E-state index is 0.000956. The van der Waals surface area contributed by atoms with Gasteiger partial charge in [-0.2, -0.15) is 22.9 Å². The number of hydrogen-bond donors (Lipinski definition) is 0. The molecule has 4 aromatic carbocycles. The number of benzene rings is 4. The third-order valence-electron chi connectivity index (χ3n) is 5.72. The maximum atomic E-state index is 13.4. The van der Waals surface area contributed by atoms with Crippen LogP contribution in [-0.4, -0.2) is 15.9 Å². The first kappa shape index (κ1) is 25.2. The maximum absolute atomic E-state index is 13.4. The first-order chi connectivity index (χ1) is 18.3. The first-order valence-corrected chi connectivity index (χ1v) is 11.9. The summed E-state index contributed by atoms with van der Waals surface area (Å²) in [4.78, 5) is 17.7. The van der Waals surface area contributed by atoms with Crippen molar-refractivity contribution in [1.29, 1.82) is 0 Å². The summed E-state index contributed by atoms with van der Waals surface area (Å²) in [6.45, 7) is 0.364. The Kier molecular flexibility index (Phi) is 6.98. The van der Waals surface area contributed by atoms with E-state index >= 15 is 0 Å². The van der Waals surface area contributed by atoms with Crippen molar-refractivity contribution in [3.63, 3.8) is 0 Å². The quantitative estimate of drug-likeness (QED) is 0.217. The number of nitrogens with zero attached hydrogens (tertiary/aromatic N) is 3. The van der Waals surface area contributed by atoms with Crippen molar-refractivity contribution in [2.45, 2.75) is 12.8 Å². The summed E-state index contributed by atoms with van der Waals surface area (Å²) < 4.78 is 46.9. The largest absolute Gasteiger partial charge is 0.489 e. The minimum atomic E-state index is -4.54. The zero-order valence-corrected chi connectivity index (χ0v) is 20.4. The van der Waals surface area contributed by atoms with E-state index in [4.69, 9.17) is 16.3 Å². The van der Waals surface area contributed by atoms with E-state index in [0.29, 0.717) is 33.8 Å². The van der Waals surface area contributed by atoms with Crippen LogP contribution in [0.25, 0.3) is 22.3 Å². The van der Waals surface area contributed by atoms with Gasteiger partial charge in [0.2, 0.25) is 0 Å². The second-order valence-corrected chi connectivity index (χ2v) is 8.81. The topological polar surface area (TPSA) is 56.5 Å². The highest BCUT2D eigenvalue weighted by molar-refractivity contribution is 6.30. The Balaban J connectivity index is 1.46. The molecule has 0 unspecified atom stereocenters. The zero-order chi connectivity index (χ0) is 26.7. The smallest absolute Gasteiger partial charge is 0.416 e. The predicted molar refractivity (Wildman–Crippen MR) is 142 cm³/mol. The van der Waals surface area contributed by atoms with Crippen molar-refractivity contribution in [2.24, 2.45) is 5.10 Å². The van der Waals surface area contributed by atoms with Gasteiger partial charge in [-0.25, -0.2) is 4.98 Å². The molecule has 0 saturated carbocycles. The highest BCUT2D eigenvalue weighted by Gasteiger charge is 2.31. The number of halogens is 4. The molecule has 1 aromatic heterocycles. The van der Waals surface area contributed by atoms with Gasteiger partial charge in [0.15, 0.2) is 5.82 Å². The van der Waals surface area contributed by atoms with Crippen LogP contribution in [-0.2, 0) is 12.8 Å². The van der Waals surface area contributed by atoms with Crippen LogP contribution in [0.15, 0.2) is 107 Å². The van der Waals surface area contributed by atoms with Crippen LogP contribution in [0.3, 0.4) is 0 Å². The number of rotatable bonds is 6. The molecule has 0 aliphatic rings. The molecule has 0 spiro atoms. The van der Waals surface area contributed by atoms with Crippen molar-refractivity contribution >= 4 is 28.7 Å². The summed E-state index contributed by atoms with van der Waals surface area (Å²) in [5, 5.41) is 5.25. The van der Waals surface area contributed by atoms with Crippen LogP contribution < -0.4 is 10.3 Å². The van der Waals surface area contributed by atoms with Crippen molar-refractivity contribution in [3.8, 4) is 17.1 Å². The summed E-state index contributed by atoms with van der Waals surface area (Å²) in [7, 11) is 0. The molecule has 0 N–H and O–H groups in total. The van der Waals surface area contributed by atoms with Gasteiger partial charge in [0.25, 0.3) is 5.56 Å². The number of alkyl halides is 3. The Morgan fingerprint density at radius 2 is 1.66 bits per heavy atom. The van der Waals surface area contributed by atoms with Crippen LogP contribution in [0.5, 0.6) is 5.75 Å². The Morgan fingerprint density at radius 1 is 0.921 bits per heavy atom. The molecule has 5 aromatic rings. The second-order valence-electron chi connectivity index (χ2n) is 8.38. The summed E-state index contributed by atoms with van der Waals surface area (Å²) in [5.74, 6) is 0.630. The van der Waals surface area contributed by atoms with Crippen molar-refractivity contribution < 1.29 is 17.9 Å². The third kappa shape index (κ3) is 5.60. The molecule has 0 fully saturated rings. The number of para-hydroxylation sites is 1. The summed E-state index contributed by atoms with van der Waals surface area (Å²) in [5.41, 5.74) is 0.748. The van der Waals surface area contributed by atoms with Gasteiger partial charge < -0.3 is 4.74 Å². The van der Waals surface area contributed by atoms with Crippen LogP contribution >= 0.6 is 11.6 Å². The molecule has 0 radical (unpaired) electrons. The molecular formula is C29H19ClF3N3O2. The SMILES string of the molecule is O=c1c2ccccc2nc(-c2cccc(C(F)(F)F)c2)n1N=Cc1ccc(OCc2ccc(Cl)cc2)cc1. The number of aromatic nitrogens is 2. The van der Waals surface area contributed by atoms with Gasteiger partial charge in [0.1, 0.15) is 12.4 Å². The van der Waals surface area contributed by atoms with Crippen molar-refractivity contribution in [3.05, 3.63) is 129 Å². The monoisotopic (exact) mass is 533 g/mol. The molecule has 0 saturated heterocycles. The fraction of sp³-hybridized carbons (Fsp3) is 0.0690. The van der Waals surface area contributed by atoms with Crippen molar-refractivity contribution in [1.82, 2.24) is 9.66 Å². The number of ether oxygens (including phenoxy) is 1. The first-order valence-electron chi connectivity index (χ1n) is 11.5. The lowest BCUT2D eigenvalue weighted by atomic mass is 10.1. The van der Waals surface area contributed by atoms with Gasteiger partial charge in [0.05, 0.1) is 22.7 Å². The fourth-order valence-electron chi connectivity index (χ4n) is 3.77. The van der Waals surface area contributed by atoms with Gasteiger partial charge in [-0.15, -0.1) is 0 Å². The number of hydrogen-bond acceptors (Lipinski definition) is 4. The molecule has 38 heavy (non-hydrogen) atoms. The molecule has 0 aliphatic heterocycles. The van der Waals surface area contributed by atoms with Crippen LogP contribution in [0.1, 0.15) is 16.7 Å². The standard InChI is InChI=1S/C29H19ClF3N3O2/c30-23-12-8-20(9-13-23)18-38-24-14-10-19(11-15-24)17-34-36-27(21-4-3-5-22(16-21)29(31,32)33)35-26-7-2-1-6-25(26)28(36)37/h1-17H,18H2. The lowest BCUT2D eigenvalue weighted by Gasteiger charge is -2.12. The van der Waals surface area contributed by atoms with E-state index in [0.717, 1.165) is 22.4 Å². The van der Waals surface area contributed by atoms with Crippen LogP contribution in [0, 0.1) is 0 Å². The molecule has 0 amide bonds. The average Bonchev–Trinajstić information content (AvgIpc) is 2.92. The van der Waals surface area contributed by atoms with Gasteiger partial charge >= 0.3 is 6.18 Å². The van der Waals surface area contributed by atoms with Crippen molar-refractivity contribution in [2.75, 3.05) is 0 Å². The average molecular weight is 534 g/mol. The molecule has 190 valence electrons. The Labute approximate surface area is 220 Å². The van der Waals surface area contributed by atoms with E-state index in [1.54, 1.807) is 60.7 Å². The molecule has 0 aliphatic carbocycles. The highest BCUT2D eigenvalue weighted by atomic mass is 35.5. The van der Waals surface area contributed by atoms with E-state index in [9.17, 15) is 18.0 Å². The van der Waals surface area contributed by atoms with Gasteiger partial charge in [0, 0.05) is 10.6 Å². The third-order valence-corrected chi connectivity index (χ3v) is 5.98. The van der Waals surface area contributed by atoms with Crippen LogP contribution in [0.4, 0.5) is 13.2 Å². The van der Waals surface area contributed by atoms with Crippen LogP contribution in [0.2, 0.25) is 5.02 Å². The molecule has 0 bridgehead atoms. The lowest BCUT2D eigenvalue weighted by molar-refractivity contribution is -0.137. The van der Waals surface area contributed by atoms with E-state index in [1.807, 2.05) is 12.1 Å². The highest BCUT2D eigenvalue weighted by Crippen LogP contribution is 2.32.